The van der Waals surface area contributed by atoms with Crippen molar-refractivity contribution in [1.29, 1.82) is 0 Å². The molecule has 0 aromatic heterocycles. The lowest BCUT2D eigenvalue weighted by Crippen LogP contribution is -2.30. The van der Waals surface area contributed by atoms with E-state index >= 15 is 0 Å². The topological polar surface area (TPSA) is 56.8 Å². The molecule has 1 amide bonds. The second kappa shape index (κ2) is 6.64. The van der Waals surface area contributed by atoms with Crippen molar-refractivity contribution in [2.45, 2.75) is 26.2 Å². The maximum Gasteiger partial charge on any atom is 0.289 e. The quantitative estimate of drug-likeness (QED) is 0.750. The van der Waals surface area contributed by atoms with E-state index in [0.29, 0.717) is 37.2 Å². The third kappa shape index (κ3) is 3.63. The average Bonchev–Trinajstić information content (AvgIpc) is 2.88. The molecule has 0 saturated carbocycles. The Morgan fingerprint density at radius 1 is 1.33 bits per heavy atom. The summed E-state index contributed by atoms with van der Waals surface area (Å²) in [6, 6.07) is 0. The summed E-state index contributed by atoms with van der Waals surface area (Å²) in [6.07, 6.45) is 3.23. The molecule has 2 heterocycles. The number of allylic oxidation sites excluding steroid dienone is 1. The molecule has 2 aliphatic heterocycles. The van der Waals surface area contributed by atoms with E-state index < -0.39 is 0 Å². The third-order valence-electron chi connectivity index (χ3n) is 3.27. The van der Waals surface area contributed by atoms with Gasteiger partial charge in [0.2, 0.25) is 5.76 Å². The predicted octanol–water partition coefficient (Wildman–Crippen LogP) is 1.20. The number of hydrogen-bond donors (Lipinski definition) is 1. The van der Waals surface area contributed by atoms with Gasteiger partial charge in [0.1, 0.15) is 19.0 Å². The van der Waals surface area contributed by atoms with Crippen molar-refractivity contribution < 1.29 is 19.0 Å². The lowest BCUT2D eigenvalue weighted by atomic mass is 10.0. The van der Waals surface area contributed by atoms with Gasteiger partial charge >= 0.3 is 0 Å². The van der Waals surface area contributed by atoms with E-state index in [2.05, 4.69) is 5.32 Å². The molecule has 2 aliphatic rings. The molecule has 18 heavy (non-hydrogen) atoms. The van der Waals surface area contributed by atoms with E-state index in [1.165, 1.54) is 0 Å². The van der Waals surface area contributed by atoms with Crippen molar-refractivity contribution in [3.8, 4) is 0 Å². The zero-order valence-corrected chi connectivity index (χ0v) is 10.9. The van der Waals surface area contributed by atoms with Gasteiger partial charge in [0, 0.05) is 19.8 Å². The molecule has 1 atom stereocenters. The van der Waals surface area contributed by atoms with Gasteiger partial charge in [0.05, 0.1) is 0 Å². The molecule has 0 aromatic rings. The largest absolute Gasteiger partial charge is 0.491 e. The first kappa shape index (κ1) is 13.2. The molecule has 1 unspecified atom stereocenters. The van der Waals surface area contributed by atoms with E-state index in [1.54, 1.807) is 6.92 Å². The van der Waals surface area contributed by atoms with Crippen LogP contribution in [0.15, 0.2) is 11.5 Å². The van der Waals surface area contributed by atoms with Crippen molar-refractivity contribution >= 4 is 5.91 Å². The molecule has 102 valence electrons. The molecule has 5 nitrogen and oxygen atoms in total. The summed E-state index contributed by atoms with van der Waals surface area (Å²) < 4.78 is 15.9. The summed E-state index contributed by atoms with van der Waals surface area (Å²) in [7, 11) is 0. The fraction of sp³-hybridized carbons (Fsp3) is 0.769. The van der Waals surface area contributed by atoms with Crippen LogP contribution in [0.1, 0.15) is 26.2 Å². The Morgan fingerprint density at radius 3 is 2.89 bits per heavy atom. The van der Waals surface area contributed by atoms with Crippen molar-refractivity contribution in [3.63, 3.8) is 0 Å². The van der Waals surface area contributed by atoms with Crippen LogP contribution < -0.4 is 5.32 Å². The molecule has 1 saturated heterocycles. The molecule has 0 radical (unpaired) electrons. The molecule has 0 bridgehead atoms. The monoisotopic (exact) mass is 255 g/mol. The number of rotatable bonds is 5. The van der Waals surface area contributed by atoms with E-state index in [4.69, 9.17) is 14.2 Å². The van der Waals surface area contributed by atoms with Gasteiger partial charge in [-0.15, -0.1) is 0 Å². The second-order valence-corrected chi connectivity index (χ2v) is 4.71. The summed E-state index contributed by atoms with van der Waals surface area (Å²) in [6.45, 7) is 5.15. The number of hydrogen-bond acceptors (Lipinski definition) is 4. The van der Waals surface area contributed by atoms with Crippen LogP contribution in [0.25, 0.3) is 0 Å². The zero-order valence-electron chi connectivity index (χ0n) is 10.9. The number of carbonyl (C=O) groups is 1. The standard InChI is InChI=1S/C13H21NO4/c1-10-12(18-8-7-17-10)13(15)14-5-2-3-11-4-6-16-9-11/h11H,2-9H2,1H3,(H,14,15). The Bertz CT molecular complexity index is 321. The third-order valence-corrected chi connectivity index (χ3v) is 3.27. The van der Waals surface area contributed by atoms with E-state index in [1.807, 2.05) is 0 Å². The van der Waals surface area contributed by atoms with Crippen LogP contribution in [-0.2, 0) is 19.0 Å². The Morgan fingerprint density at radius 2 is 2.17 bits per heavy atom. The number of ether oxygens (including phenoxy) is 3. The number of amides is 1. The van der Waals surface area contributed by atoms with Crippen molar-refractivity contribution in [2.75, 3.05) is 33.0 Å². The fourth-order valence-electron chi connectivity index (χ4n) is 2.22. The summed E-state index contributed by atoms with van der Waals surface area (Å²) >= 11 is 0. The van der Waals surface area contributed by atoms with Crippen LogP contribution in [0.5, 0.6) is 0 Å². The lowest BCUT2D eigenvalue weighted by Gasteiger charge is -2.19. The minimum absolute atomic E-state index is 0.171. The highest BCUT2D eigenvalue weighted by atomic mass is 16.6. The molecule has 0 aromatic carbocycles. The highest BCUT2D eigenvalue weighted by Gasteiger charge is 2.19. The van der Waals surface area contributed by atoms with Crippen molar-refractivity contribution in [1.82, 2.24) is 5.32 Å². The van der Waals surface area contributed by atoms with Gasteiger partial charge in [-0.25, -0.2) is 0 Å². The van der Waals surface area contributed by atoms with Crippen LogP contribution in [0.3, 0.4) is 0 Å². The minimum Gasteiger partial charge on any atom is -0.491 e. The van der Waals surface area contributed by atoms with Gasteiger partial charge < -0.3 is 19.5 Å². The highest BCUT2D eigenvalue weighted by Crippen LogP contribution is 2.17. The minimum atomic E-state index is -0.171. The first-order valence-corrected chi connectivity index (χ1v) is 6.60. The Kier molecular flexibility index (Phi) is 4.87. The molecule has 1 N–H and O–H groups in total. The molecule has 0 aliphatic carbocycles. The number of nitrogens with one attached hydrogen (secondary N) is 1. The van der Waals surface area contributed by atoms with Crippen molar-refractivity contribution in [2.24, 2.45) is 5.92 Å². The van der Waals surface area contributed by atoms with Crippen molar-refractivity contribution in [3.05, 3.63) is 11.5 Å². The van der Waals surface area contributed by atoms with Gasteiger partial charge in [-0.3, -0.25) is 4.79 Å². The van der Waals surface area contributed by atoms with E-state index in [-0.39, 0.29) is 5.91 Å². The maximum absolute atomic E-state index is 11.8. The normalized spacial score (nSPS) is 23.5. The first-order valence-electron chi connectivity index (χ1n) is 6.60. The summed E-state index contributed by atoms with van der Waals surface area (Å²) in [5, 5.41) is 2.86. The van der Waals surface area contributed by atoms with Gasteiger partial charge in [0.15, 0.2) is 0 Å². The molecule has 5 heteroatoms. The Balaban J connectivity index is 1.65. The van der Waals surface area contributed by atoms with Crippen LogP contribution in [0, 0.1) is 5.92 Å². The lowest BCUT2D eigenvalue weighted by molar-refractivity contribution is -0.122. The summed E-state index contributed by atoms with van der Waals surface area (Å²) in [4.78, 5) is 11.8. The summed E-state index contributed by atoms with van der Waals surface area (Å²) in [5.41, 5.74) is 0. The molecular formula is C13H21NO4. The zero-order chi connectivity index (χ0) is 12.8. The van der Waals surface area contributed by atoms with Crippen LogP contribution in [0.4, 0.5) is 0 Å². The smallest absolute Gasteiger partial charge is 0.289 e. The molecular weight excluding hydrogens is 234 g/mol. The second-order valence-electron chi connectivity index (χ2n) is 4.71. The summed E-state index contributed by atoms with van der Waals surface area (Å²) in [5.74, 6) is 1.39. The first-order chi connectivity index (χ1) is 8.77. The van der Waals surface area contributed by atoms with Crippen LogP contribution in [0.2, 0.25) is 0 Å². The highest BCUT2D eigenvalue weighted by molar-refractivity contribution is 5.91. The predicted molar refractivity (Wildman–Crippen MR) is 65.8 cm³/mol. The Labute approximate surface area is 107 Å². The fourth-order valence-corrected chi connectivity index (χ4v) is 2.22. The van der Waals surface area contributed by atoms with Crippen LogP contribution in [-0.4, -0.2) is 38.9 Å². The number of carbonyl (C=O) groups excluding carboxylic acids is 1. The van der Waals surface area contributed by atoms with Gasteiger partial charge in [-0.2, -0.15) is 0 Å². The average molecular weight is 255 g/mol. The molecule has 2 rings (SSSR count). The SMILES string of the molecule is CC1=C(C(=O)NCCCC2CCOC2)OCCO1. The molecule has 0 spiro atoms. The molecule has 1 fully saturated rings. The van der Waals surface area contributed by atoms with E-state index in [0.717, 1.165) is 32.5 Å². The van der Waals surface area contributed by atoms with E-state index in [9.17, 15) is 4.79 Å². The Hall–Kier alpha value is -1.23. The van der Waals surface area contributed by atoms with Crippen LogP contribution >= 0.6 is 0 Å². The van der Waals surface area contributed by atoms with Gasteiger partial charge in [-0.1, -0.05) is 0 Å². The van der Waals surface area contributed by atoms with Gasteiger partial charge in [-0.05, 0) is 32.1 Å². The van der Waals surface area contributed by atoms with Gasteiger partial charge in [0.25, 0.3) is 5.91 Å². The maximum atomic E-state index is 11.8.